The predicted molar refractivity (Wildman–Crippen MR) is 97.7 cm³/mol. The minimum absolute atomic E-state index is 0.00802. The number of methoxy groups -OCH3 is 1. The molecule has 0 aliphatic carbocycles. The van der Waals surface area contributed by atoms with Crippen molar-refractivity contribution in [3.63, 3.8) is 0 Å². The van der Waals surface area contributed by atoms with Crippen molar-refractivity contribution in [3.05, 3.63) is 64.1 Å². The third-order valence-electron chi connectivity index (χ3n) is 4.10. The summed E-state index contributed by atoms with van der Waals surface area (Å²) in [6.45, 7) is 5.83. The van der Waals surface area contributed by atoms with Crippen LogP contribution in [0.15, 0.2) is 53.0 Å². The summed E-state index contributed by atoms with van der Waals surface area (Å²) in [5.74, 6) is -0.0398. The first kappa shape index (κ1) is 17.7. The van der Waals surface area contributed by atoms with E-state index in [4.69, 9.17) is 4.74 Å². The molecule has 2 aromatic carbocycles. The Labute approximate surface area is 146 Å². The molecule has 1 N–H and O–H groups in total. The van der Waals surface area contributed by atoms with Gasteiger partial charge in [0.15, 0.2) is 0 Å². The van der Waals surface area contributed by atoms with E-state index in [0.717, 1.165) is 21.3 Å². The van der Waals surface area contributed by atoms with E-state index in [1.54, 1.807) is 7.11 Å². The number of rotatable bonds is 5. The first-order valence-corrected chi connectivity index (χ1v) is 8.34. The number of ether oxygens (including phenoxy) is 1. The van der Waals surface area contributed by atoms with Crippen LogP contribution >= 0.6 is 15.9 Å². The zero-order valence-corrected chi connectivity index (χ0v) is 15.5. The summed E-state index contributed by atoms with van der Waals surface area (Å²) < 4.78 is 6.33. The Balaban J connectivity index is 2.19. The van der Waals surface area contributed by atoms with Gasteiger partial charge >= 0.3 is 0 Å². The maximum atomic E-state index is 12.7. The van der Waals surface area contributed by atoms with Crippen molar-refractivity contribution in [1.82, 2.24) is 0 Å². The second-order valence-corrected chi connectivity index (χ2v) is 7.01. The number of hydrogen-bond donors (Lipinski definition) is 1. The topological polar surface area (TPSA) is 38.3 Å². The van der Waals surface area contributed by atoms with Crippen molar-refractivity contribution in [2.75, 3.05) is 12.4 Å². The summed E-state index contributed by atoms with van der Waals surface area (Å²) >= 11 is 3.42. The van der Waals surface area contributed by atoms with Gasteiger partial charge in [-0.25, -0.2) is 0 Å². The van der Waals surface area contributed by atoms with Crippen LogP contribution in [0.3, 0.4) is 0 Å². The molecule has 1 amide bonds. The average Bonchev–Trinajstić information content (AvgIpc) is 2.54. The van der Waals surface area contributed by atoms with Crippen molar-refractivity contribution in [2.45, 2.75) is 32.3 Å². The van der Waals surface area contributed by atoms with Crippen molar-refractivity contribution in [1.29, 1.82) is 0 Å². The lowest BCUT2D eigenvalue weighted by Crippen LogP contribution is -2.34. The third-order valence-corrected chi connectivity index (χ3v) is 4.63. The van der Waals surface area contributed by atoms with Gasteiger partial charge in [-0.3, -0.25) is 4.79 Å². The molecule has 0 saturated heterocycles. The van der Waals surface area contributed by atoms with Crippen LogP contribution in [0.2, 0.25) is 0 Å². The zero-order chi connectivity index (χ0) is 17.0. The minimum atomic E-state index is -0.621. The van der Waals surface area contributed by atoms with Crippen LogP contribution in [0.4, 0.5) is 5.69 Å². The standard InChI is InChI=1S/C19H22BrNO2/c1-13(23-4)14-6-5-7-17(12-14)21-18(22)19(2,3)15-8-10-16(20)11-9-15/h5-13H,1-4H3,(H,21,22). The lowest BCUT2D eigenvalue weighted by atomic mass is 9.83. The highest BCUT2D eigenvalue weighted by molar-refractivity contribution is 9.10. The fourth-order valence-electron chi connectivity index (χ4n) is 2.29. The molecule has 2 rings (SSSR count). The van der Waals surface area contributed by atoms with Gasteiger partial charge in [0.05, 0.1) is 11.5 Å². The average molecular weight is 376 g/mol. The quantitative estimate of drug-likeness (QED) is 0.791. The Morgan fingerprint density at radius 3 is 2.43 bits per heavy atom. The number of hydrogen-bond acceptors (Lipinski definition) is 2. The van der Waals surface area contributed by atoms with Gasteiger partial charge in [-0.15, -0.1) is 0 Å². The molecule has 23 heavy (non-hydrogen) atoms. The molecule has 122 valence electrons. The normalized spacial score (nSPS) is 12.7. The van der Waals surface area contributed by atoms with Crippen molar-refractivity contribution in [2.24, 2.45) is 0 Å². The van der Waals surface area contributed by atoms with Crippen LogP contribution in [0, 0.1) is 0 Å². The van der Waals surface area contributed by atoms with E-state index in [1.807, 2.05) is 69.3 Å². The number of carbonyl (C=O) groups excluding carboxylic acids is 1. The summed E-state index contributed by atoms with van der Waals surface area (Å²) in [6.07, 6.45) is -0.00802. The molecule has 0 heterocycles. The van der Waals surface area contributed by atoms with Gasteiger partial charge in [-0.1, -0.05) is 40.2 Å². The van der Waals surface area contributed by atoms with E-state index in [9.17, 15) is 4.79 Å². The molecule has 1 atom stereocenters. The molecule has 0 saturated carbocycles. The highest BCUT2D eigenvalue weighted by atomic mass is 79.9. The van der Waals surface area contributed by atoms with Crippen molar-refractivity contribution >= 4 is 27.5 Å². The van der Waals surface area contributed by atoms with Gasteiger partial charge in [-0.2, -0.15) is 0 Å². The van der Waals surface area contributed by atoms with E-state index in [0.29, 0.717) is 0 Å². The fourth-order valence-corrected chi connectivity index (χ4v) is 2.55. The summed E-state index contributed by atoms with van der Waals surface area (Å²) in [5, 5.41) is 3.01. The minimum Gasteiger partial charge on any atom is -0.377 e. The first-order chi connectivity index (χ1) is 10.8. The Bertz CT molecular complexity index is 680. The summed E-state index contributed by atoms with van der Waals surface area (Å²) in [7, 11) is 1.67. The lowest BCUT2D eigenvalue weighted by Gasteiger charge is -2.24. The molecule has 0 bridgehead atoms. The Hall–Kier alpha value is -1.65. The molecular formula is C19H22BrNO2. The van der Waals surface area contributed by atoms with Crippen LogP contribution in [-0.2, 0) is 14.9 Å². The Kier molecular flexibility index (Phi) is 5.60. The monoisotopic (exact) mass is 375 g/mol. The number of nitrogens with one attached hydrogen (secondary N) is 1. The molecule has 4 heteroatoms. The number of anilines is 1. The van der Waals surface area contributed by atoms with Gasteiger partial charge in [0, 0.05) is 17.3 Å². The van der Waals surface area contributed by atoms with E-state index in [-0.39, 0.29) is 12.0 Å². The number of benzene rings is 2. The van der Waals surface area contributed by atoms with Gasteiger partial charge in [-0.05, 0) is 56.2 Å². The summed E-state index contributed by atoms with van der Waals surface area (Å²) in [5.41, 5.74) is 2.16. The summed E-state index contributed by atoms with van der Waals surface area (Å²) in [4.78, 5) is 12.7. The van der Waals surface area contributed by atoms with Crippen molar-refractivity contribution < 1.29 is 9.53 Å². The number of amides is 1. The SMILES string of the molecule is COC(C)c1cccc(NC(=O)C(C)(C)c2ccc(Br)cc2)c1. The lowest BCUT2D eigenvalue weighted by molar-refractivity contribution is -0.120. The van der Waals surface area contributed by atoms with Crippen LogP contribution in [0.25, 0.3) is 0 Å². The van der Waals surface area contributed by atoms with E-state index >= 15 is 0 Å². The van der Waals surface area contributed by atoms with Gasteiger partial charge < -0.3 is 10.1 Å². The van der Waals surface area contributed by atoms with Crippen LogP contribution in [-0.4, -0.2) is 13.0 Å². The highest BCUT2D eigenvalue weighted by Crippen LogP contribution is 2.27. The molecule has 0 fully saturated rings. The van der Waals surface area contributed by atoms with Crippen molar-refractivity contribution in [3.8, 4) is 0 Å². The predicted octanol–water partition coefficient (Wildman–Crippen LogP) is 5.07. The second kappa shape index (κ2) is 7.28. The highest BCUT2D eigenvalue weighted by Gasteiger charge is 2.29. The molecule has 0 radical (unpaired) electrons. The number of halogens is 1. The van der Waals surface area contributed by atoms with E-state index in [2.05, 4.69) is 21.2 Å². The maximum Gasteiger partial charge on any atom is 0.234 e. The zero-order valence-electron chi connectivity index (χ0n) is 13.9. The molecule has 1 unspecified atom stereocenters. The first-order valence-electron chi connectivity index (χ1n) is 7.55. The van der Waals surface area contributed by atoms with Crippen LogP contribution < -0.4 is 5.32 Å². The van der Waals surface area contributed by atoms with Crippen LogP contribution in [0.1, 0.15) is 38.0 Å². The molecule has 3 nitrogen and oxygen atoms in total. The Morgan fingerprint density at radius 1 is 1.17 bits per heavy atom. The Morgan fingerprint density at radius 2 is 1.83 bits per heavy atom. The molecule has 0 spiro atoms. The van der Waals surface area contributed by atoms with Crippen LogP contribution in [0.5, 0.6) is 0 Å². The largest absolute Gasteiger partial charge is 0.377 e. The molecule has 0 aromatic heterocycles. The molecule has 2 aromatic rings. The van der Waals surface area contributed by atoms with Gasteiger partial charge in [0.2, 0.25) is 5.91 Å². The smallest absolute Gasteiger partial charge is 0.234 e. The van der Waals surface area contributed by atoms with Gasteiger partial charge in [0.1, 0.15) is 0 Å². The molecular weight excluding hydrogens is 354 g/mol. The fraction of sp³-hybridized carbons (Fsp3) is 0.316. The maximum absolute atomic E-state index is 12.7. The summed E-state index contributed by atoms with van der Waals surface area (Å²) in [6, 6.07) is 15.6. The third kappa shape index (κ3) is 4.21. The van der Waals surface area contributed by atoms with Gasteiger partial charge in [0.25, 0.3) is 0 Å². The number of carbonyl (C=O) groups is 1. The second-order valence-electron chi connectivity index (χ2n) is 6.09. The molecule has 0 aliphatic rings. The molecule has 0 aliphatic heterocycles. The van der Waals surface area contributed by atoms with E-state index in [1.165, 1.54) is 0 Å². The van der Waals surface area contributed by atoms with E-state index < -0.39 is 5.41 Å².